The highest BCUT2D eigenvalue weighted by Gasteiger charge is 2.45. The van der Waals surface area contributed by atoms with E-state index in [0.717, 1.165) is 24.7 Å². The van der Waals surface area contributed by atoms with Crippen molar-refractivity contribution in [2.75, 3.05) is 13.2 Å². The van der Waals surface area contributed by atoms with Crippen LogP contribution >= 0.6 is 0 Å². The molecule has 1 fully saturated rings. The standard InChI is InChI=1S/C34H30F2N4O4/c1-34-12-11-23(33(41)42)17-30(34)40(19-25-4-3-13-43-25)31(39-34)16-21-8-10-26(28(36)14-21)29-5-2-6-32(38-29)44-20-24-9-7-22(18-37)15-27(24)35/h2,5-12,14-15,17,25,30H,3-4,13,16,19-20H2,1H3,(H,41,42)/t25-,30?,34?/m0/s1. The third kappa shape index (κ3) is 5.96. The number of pyridine rings is 1. The van der Waals surface area contributed by atoms with Gasteiger partial charge in [0.05, 0.1) is 35.0 Å². The summed E-state index contributed by atoms with van der Waals surface area (Å²) in [5.41, 5.74) is 1.42. The number of ether oxygens (including phenoxy) is 2. The van der Waals surface area contributed by atoms with E-state index in [2.05, 4.69) is 9.88 Å². The van der Waals surface area contributed by atoms with Gasteiger partial charge in [0.1, 0.15) is 29.6 Å². The summed E-state index contributed by atoms with van der Waals surface area (Å²) in [6, 6.07) is 15.7. The minimum Gasteiger partial charge on any atom is -0.478 e. The third-order valence-corrected chi connectivity index (χ3v) is 8.20. The highest BCUT2D eigenvalue weighted by atomic mass is 19.1. The first-order valence-corrected chi connectivity index (χ1v) is 14.4. The van der Waals surface area contributed by atoms with E-state index < -0.39 is 23.1 Å². The molecule has 44 heavy (non-hydrogen) atoms. The summed E-state index contributed by atoms with van der Waals surface area (Å²) in [7, 11) is 0. The second-order valence-corrected chi connectivity index (χ2v) is 11.3. The van der Waals surface area contributed by atoms with Crippen LogP contribution in [0.3, 0.4) is 0 Å². The second kappa shape index (κ2) is 12.0. The SMILES string of the molecule is CC12C=CC(C(=O)O)=CC1N(C[C@@H]1CCCO1)C(Cc1ccc(-c3cccc(OCc4ccc(C#N)cc4F)n3)c(F)c1)=N2. The Bertz CT molecular complexity index is 1740. The molecule has 1 aromatic heterocycles. The summed E-state index contributed by atoms with van der Waals surface area (Å²) in [6.07, 6.45) is 7.43. The van der Waals surface area contributed by atoms with Crippen molar-refractivity contribution in [3.8, 4) is 23.2 Å². The number of nitrogens with zero attached hydrogens (tertiary/aromatic N) is 4. The van der Waals surface area contributed by atoms with Gasteiger partial charge in [-0.05, 0) is 67.8 Å². The predicted molar refractivity (Wildman–Crippen MR) is 159 cm³/mol. The van der Waals surface area contributed by atoms with Gasteiger partial charge in [0.15, 0.2) is 0 Å². The molecule has 2 aromatic carbocycles. The largest absolute Gasteiger partial charge is 0.478 e. The molecule has 0 bridgehead atoms. The molecule has 0 radical (unpaired) electrons. The van der Waals surface area contributed by atoms with Gasteiger partial charge in [-0.25, -0.2) is 18.6 Å². The molecular formula is C34H30F2N4O4. The summed E-state index contributed by atoms with van der Waals surface area (Å²) < 4.78 is 41.4. The van der Waals surface area contributed by atoms with Crippen LogP contribution in [-0.4, -0.2) is 57.6 Å². The normalized spacial score (nSPS) is 22.3. The van der Waals surface area contributed by atoms with E-state index in [4.69, 9.17) is 19.7 Å². The Morgan fingerprint density at radius 2 is 2.07 bits per heavy atom. The van der Waals surface area contributed by atoms with Gasteiger partial charge in [-0.15, -0.1) is 0 Å². The van der Waals surface area contributed by atoms with Crippen molar-refractivity contribution in [1.82, 2.24) is 9.88 Å². The van der Waals surface area contributed by atoms with Crippen LogP contribution in [0.5, 0.6) is 5.88 Å². The number of carboxylic acid groups (broad SMARTS) is 1. The smallest absolute Gasteiger partial charge is 0.335 e. The van der Waals surface area contributed by atoms with Gasteiger partial charge in [0.25, 0.3) is 0 Å². The van der Waals surface area contributed by atoms with E-state index in [1.807, 2.05) is 25.1 Å². The number of aromatic nitrogens is 1. The van der Waals surface area contributed by atoms with Crippen molar-refractivity contribution in [3.63, 3.8) is 0 Å². The van der Waals surface area contributed by atoms with Gasteiger partial charge in [-0.1, -0.05) is 24.3 Å². The first kappa shape index (κ1) is 29.2. The van der Waals surface area contributed by atoms with E-state index >= 15 is 4.39 Å². The first-order valence-electron chi connectivity index (χ1n) is 14.4. The van der Waals surface area contributed by atoms with Crippen molar-refractivity contribution in [2.45, 2.75) is 50.5 Å². The molecule has 3 aliphatic rings. The van der Waals surface area contributed by atoms with Crippen LogP contribution in [0.4, 0.5) is 8.78 Å². The number of amidine groups is 1. The van der Waals surface area contributed by atoms with Crippen LogP contribution in [0, 0.1) is 23.0 Å². The van der Waals surface area contributed by atoms with Crippen LogP contribution in [0.2, 0.25) is 0 Å². The predicted octanol–water partition coefficient (Wildman–Crippen LogP) is 5.62. The molecular weight excluding hydrogens is 566 g/mol. The summed E-state index contributed by atoms with van der Waals surface area (Å²) in [4.78, 5) is 23.3. The lowest BCUT2D eigenvalue weighted by Crippen LogP contribution is -2.48. The van der Waals surface area contributed by atoms with Crippen molar-refractivity contribution in [3.05, 3.63) is 107 Å². The van der Waals surface area contributed by atoms with Gasteiger partial charge in [0, 0.05) is 36.8 Å². The van der Waals surface area contributed by atoms with Gasteiger partial charge in [0.2, 0.25) is 5.88 Å². The Morgan fingerprint density at radius 3 is 2.80 bits per heavy atom. The first-order chi connectivity index (χ1) is 21.2. The Balaban J connectivity index is 1.20. The average Bonchev–Trinajstić information content (AvgIpc) is 3.62. The number of aliphatic carboxylic acids is 1. The van der Waals surface area contributed by atoms with Crippen LogP contribution in [-0.2, 0) is 22.6 Å². The molecule has 3 atom stereocenters. The van der Waals surface area contributed by atoms with E-state index in [0.29, 0.717) is 30.8 Å². The zero-order chi connectivity index (χ0) is 30.8. The number of aliphatic imine (C=N–C) groups is 1. The van der Waals surface area contributed by atoms with Crippen molar-refractivity contribution < 1.29 is 28.2 Å². The molecule has 1 N–H and O–H groups in total. The number of hydrogen-bond donors (Lipinski definition) is 1. The number of halogens is 2. The van der Waals surface area contributed by atoms with Crippen LogP contribution in [0.25, 0.3) is 11.3 Å². The van der Waals surface area contributed by atoms with E-state index in [1.165, 1.54) is 18.2 Å². The topological polar surface area (TPSA) is 108 Å². The monoisotopic (exact) mass is 596 g/mol. The molecule has 1 saturated heterocycles. The van der Waals surface area contributed by atoms with Crippen LogP contribution < -0.4 is 4.74 Å². The molecule has 2 unspecified atom stereocenters. The maximum atomic E-state index is 15.5. The molecule has 10 heteroatoms. The minimum atomic E-state index is -0.990. The fourth-order valence-corrected chi connectivity index (χ4v) is 5.86. The number of nitriles is 1. The molecule has 3 aromatic rings. The van der Waals surface area contributed by atoms with Gasteiger partial charge in [-0.3, -0.25) is 4.99 Å². The minimum absolute atomic E-state index is 0.0169. The Morgan fingerprint density at radius 1 is 1.20 bits per heavy atom. The molecule has 8 nitrogen and oxygen atoms in total. The number of benzene rings is 2. The van der Waals surface area contributed by atoms with Gasteiger partial charge >= 0.3 is 5.97 Å². The maximum Gasteiger partial charge on any atom is 0.335 e. The van der Waals surface area contributed by atoms with Crippen molar-refractivity contribution in [2.24, 2.45) is 4.99 Å². The van der Waals surface area contributed by atoms with Crippen LogP contribution in [0.15, 0.2) is 83.4 Å². The van der Waals surface area contributed by atoms with E-state index in [1.54, 1.807) is 36.4 Å². The average molecular weight is 597 g/mol. The lowest BCUT2D eigenvalue weighted by atomic mass is 9.86. The van der Waals surface area contributed by atoms with E-state index in [-0.39, 0.29) is 46.9 Å². The Labute approximate surface area is 253 Å². The molecule has 0 spiro atoms. The molecule has 2 aliphatic heterocycles. The molecule has 0 amide bonds. The summed E-state index contributed by atoms with van der Waals surface area (Å²) >= 11 is 0. The number of hydrogen-bond acceptors (Lipinski definition) is 7. The zero-order valence-electron chi connectivity index (χ0n) is 24.0. The van der Waals surface area contributed by atoms with Crippen LogP contribution in [0.1, 0.15) is 36.5 Å². The number of carbonyl (C=O) groups is 1. The van der Waals surface area contributed by atoms with Crippen molar-refractivity contribution in [1.29, 1.82) is 5.26 Å². The Hall–Kier alpha value is -4.88. The third-order valence-electron chi connectivity index (χ3n) is 8.20. The highest BCUT2D eigenvalue weighted by Crippen LogP contribution is 2.37. The Kier molecular flexibility index (Phi) is 7.97. The fraction of sp³-hybridized carbons (Fsp3) is 0.294. The molecule has 0 saturated carbocycles. The fourth-order valence-electron chi connectivity index (χ4n) is 5.86. The lowest BCUT2D eigenvalue weighted by molar-refractivity contribution is -0.132. The summed E-state index contributed by atoms with van der Waals surface area (Å²) in [6.45, 7) is 3.14. The van der Waals surface area contributed by atoms with Crippen molar-refractivity contribution >= 4 is 11.8 Å². The summed E-state index contributed by atoms with van der Waals surface area (Å²) in [5, 5.41) is 18.5. The second-order valence-electron chi connectivity index (χ2n) is 11.3. The molecule has 1 aliphatic carbocycles. The summed E-state index contributed by atoms with van der Waals surface area (Å²) in [5.74, 6) is -1.05. The highest BCUT2D eigenvalue weighted by molar-refractivity contribution is 5.93. The van der Waals surface area contributed by atoms with Gasteiger partial charge in [-0.2, -0.15) is 5.26 Å². The molecule has 6 rings (SSSR count). The lowest BCUT2D eigenvalue weighted by Gasteiger charge is -2.35. The van der Waals surface area contributed by atoms with Gasteiger partial charge < -0.3 is 19.5 Å². The number of fused-ring (bicyclic) bond motifs is 1. The zero-order valence-corrected chi connectivity index (χ0v) is 24.0. The van der Waals surface area contributed by atoms with E-state index in [9.17, 15) is 14.3 Å². The quantitative estimate of drug-likeness (QED) is 0.342. The maximum absolute atomic E-state index is 15.5. The molecule has 224 valence electrons. The number of rotatable bonds is 9. The molecule has 3 heterocycles. The number of carboxylic acids is 1.